The minimum absolute atomic E-state index is 0. The average Bonchev–Trinajstić information content (AvgIpc) is 3.05. The van der Waals surface area contributed by atoms with Gasteiger partial charge in [0.05, 0.1) is 6.61 Å². The number of nitrogens with one attached hydrogen (secondary N) is 2. The number of methoxy groups -OCH3 is 1. The molecule has 0 bridgehead atoms. The Morgan fingerprint density at radius 2 is 2.08 bits per heavy atom. The van der Waals surface area contributed by atoms with E-state index in [1.54, 1.807) is 26.1 Å². The molecule has 1 saturated heterocycles. The van der Waals surface area contributed by atoms with Gasteiger partial charge in [0.2, 0.25) is 5.91 Å². The Morgan fingerprint density at radius 1 is 1.36 bits per heavy atom. The summed E-state index contributed by atoms with van der Waals surface area (Å²) in [5.74, 6) is 1.17. The van der Waals surface area contributed by atoms with Crippen LogP contribution in [0.4, 0.5) is 0 Å². The zero-order valence-corrected chi connectivity index (χ0v) is 18.6. The first kappa shape index (κ1) is 24.4. The molecule has 0 saturated carbocycles. The maximum atomic E-state index is 11.8. The molecular weight excluding hydrogens is 435 g/mol. The fraction of sp³-hybridized carbons (Fsp3) is 0.882. The standard InChI is InChI=1S/C17H34N4O3.HI/c1-17(2,7-9-23-5)13-20-16(19-11-15(22)21(3)4)18-10-14-6-8-24-12-14;/h14H,6-13H2,1-5H3,(H2,18,19,20);1H. The second-order valence-corrected chi connectivity index (χ2v) is 7.32. The van der Waals surface area contributed by atoms with Gasteiger partial charge in [-0.1, -0.05) is 13.8 Å². The van der Waals surface area contributed by atoms with E-state index in [0.717, 1.165) is 45.8 Å². The van der Waals surface area contributed by atoms with Crippen LogP contribution in [0.3, 0.4) is 0 Å². The number of ether oxygens (including phenoxy) is 2. The van der Waals surface area contributed by atoms with Crippen molar-refractivity contribution in [1.82, 2.24) is 15.5 Å². The number of nitrogens with zero attached hydrogens (tertiary/aromatic N) is 2. The average molecular weight is 470 g/mol. The van der Waals surface area contributed by atoms with Gasteiger partial charge in [-0.2, -0.15) is 0 Å². The number of likely N-dealkylation sites (N-methyl/N-ethyl adjacent to an activating group) is 1. The van der Waals surface area contributed by atoms with E-state index in [2.05, 4.69) is 29.5 Å². The van der Waals surface area contributed by atoms with Gasteiger partial charge >= 0.3 is 0 Å². The molecule has 0 aliphatic carbocycles. The van der Waals surface area contributed by atoms with Gasteiger partial charge in [-0.15, -0.1) is 24.0 Å². The lowest BCUT2D eigenvalue weighted by Gasteiger charge is -2.26. The van der Waals surface area contributed by atoms with E-state index in [-0.39, 0.29) is 41.8 Å². The molecule has 1 aliphatic heterocycles. The van der Waals surface area contributed by atoms with Gasteiger partial charge in [-0.3, -0.25) is 4.79 Å². The van der Waals surface area contributed by atoms with Gasteiger partial charge in [0, 0.05) is 53.4 Å². The molecule has 1 heterocycles. The van der Waals surface area contributed by atoms with Crippen molar-refractivity contribution in [2.75, 3.05) is 60.7 Å². The molecule has 1 unspecified atom stereocenters. The van der Waals surface area contributed by atoms with Crippen molar-refractivity contribution < 1.29 is 14.3 Å². The molecule has 2 N–H and O–H groups in total. The number of hydrogen-bond acceptors (Lipinski definition) is 4. The van der Waals surface area contributed by atoms with Crippen LogP contribution in [0.5, 0.6) is 0 Å². The second-order valence-electron chi connectivity index (χ2n) is 7.32. The molecule has 8 heteroatoms. The number of carbonyl (C=O) groups excluding carboxylic acids is 1. The minimum atomic E-state index is -0.0149. The van der Waals surface area contributed by atoms with Crippen molar-refractivity contribution in [3.8, 4) is 0 Å². The number of carbonyl (C=O) groups is 1. The van der Waals surface area contributed by atoms with E-state index in [9.17, 15) is 4.79 Å². The van der Waals surface area contributed by atoms with Gasteiger partial charge in [0.1, 0.15) is 6.54 Å². The Labute approximate surface area is 169 Å². The molecule has 0 radical (unpaired) electrons. The summed E-state index contributed by atoms with van der Waals surface area (Å²) in [5.41, 5.74) is 0.0838. The summed E-state index contributed by atoms with van der Waals surface area (Å²) >= 11 is 0. The molecule has 1 atom stereocenters. The number of halogens is 1. The van der Waals surface area contributed by atoms with Crippen molar-refractivity contribution in [1.29, 1.82) is 0 Å². The first-order valence-corrected chi connectivity index (χ1v) is 8.63. The summed E-state index contributed by atoms with van der Waals surface area (Å²) < 4.78 is 10.6. The van der Waals surface area contributed by atoms with E-state index in [4.69, 9.17) is 9.47 Å². The number of guanidine groups is 1. The first-order chi connectivity index (χ1) is 11.3. The van der Waals surface area contributed by atoms with Gasteiger partial charge in [0.15, 0.2) is 5.96 Å². The van der Waals surface area contributed by atoms with Crippen LogP contribution in [0.25, 0.3) is 0 Å². The smallest absolute Gasteiger partial charge is 0.243 e. The predicted octanol–water partition coefficient (Wildman–Crippen LogP) is 1.33. The van der Waals surface area contributed by atoms with Crippen molar-refractivity contribution in [2.24, 2.45) is 16.3 Å². The Balaban J connectivity index is 0.00000576. The first-order valence-electron chi connectivity index (χ1n) is 8.63. The molecule has 1 aliphatic rings. The minimum Gasteiger partial charge on any atom is -0.385 e. The van der Waals surface area contributed by atoms with Crippen LogP contribution in [-0.4, -0.2) is 77.4 Å². The van der Waals surface area contributed by atoms with E-state index in [1.165, 1.54) is 0 Å². The van der Waals surface area contributed by atoms with Crippen LogP contribution >= 0.6 is 24.0 Å². The zero-order valence-electron chi connectivity index (χ0n) is 16.3. The molecule has 7 nitrogen and oxygen atoms in total. The Hall–Kier alpha value is -0.610. The third-order valence-electron chi connectivity index (χ3n) is 4.17. The van der Waals surface area contributed by atoms with Gasteiger partial charge < -0.3 is 25.0 Å². The van der Waals surface area contributed by atoms with Crippen molar-refractivity contribution in [3.05, 3.63) is 0 Å². The molecule has 1 amide bonds. The second kappa shape index (κ2) is 12.7. The van der Waals surface area contributed by atoms with Crippen LogP contribution in [0.2, 0.25) is 0 Å². The van der Waals surface area contributed by atoms with Gasteiger partial charge in [0.25, 0.3) is 0 Å². The lowest BCUT2D eigenvalue weighted by Crippen LogP contribution is -2.44. The molecule has 1 rings (SSSR count). The van der Waals surface area contributed by atoms with Crippen LogP contribution in [0.15, 0.2) is 4.99 Å². The molecule has 0 aromatic heterocycles. The van der Waals surface area contributed by atoms with Crippen molar-refractivity contribution in [3.63, 3.8) is 0 Å². The highest BCUT2D eigenvalue weighted by molar-refractivity contribution is 14.0. The number of rotatable bonds is 9. The largest absolute Gasteiger partial charge is 0.385 e. The molecular formula is C17H35IN4O3. The van der Waals surface area contributed by atoms with Gasteiger partial charge in [-0.05, 0) is 18.3 Å². The molecule has 0 aromatic carbocycles. The normalized spacial score (nSPS) is 17.8. The van der Waals surface area contributed by atoms with Crippen LogP contribution < -0.4 is 10.6 Å². The quantitative estimate of drug-likeness (QED) is 0.302. The number of amides is 1. The van der Waals surface area contributed by atoms with E-state index < -0.39 is 0 Å². The summed E-state index contributed by atoms with van der Waals surface area (Å²) in [6.07, 6.45) is 2.02. The van der Waals surface area contributed by atoms with E-state index in [0.29, 0.717) is 11.9 Å². The summed E-state index contributed by atoms with van der Waals surface area (Å²) in [4.78, 5) is 17.7. The van der Waals surface area contributed by atoms with E-state index in [1.807, 2.05) is 0 Å². The summed E-state index contributed by atoms with van der Waals surface area (Å²) in [7, 11) is 5.19. The Kier molecular flexibility index (Phi) is 12.4. The lowest BCUT2D eigenvalue weighted by atomic mass is 9.90. The summed E-state index contributed by atoms with van der Waals surface area (Å²) in [6.45, 7) is 8.43. The molecule has 148 valence electrons. The van der Waals surface area contributed by atoms with Crippen LogP contribution in [0.1, 0.15) is 26.7 Å². The highest BCUT2D eigenvalue weighted by Crippen LogP contribution is 2.18. The SMILES string of the molecule is COCCC(C)(C)CNC(=NCC(=O)N(C)C)NCC1CCOC1.I. The van der Waals surface area contributed by atoms with Gasteiger partial charge in [-0.25, -0.2) is 4.99 Å². The van der Waals surface area contributed by atoms with E-state index >= 15 is 0 Å². The third kappa shape index (κ3) is 10.9. The van der Waals surface area contributed by atoms with Crippen LogP contribution in [-0.2, 0) is 14.3 Å². The zero-order chi connectivity index (χ0) is 18.0. The monoisotopic (exact) mass is 470 g/mol. The Morgan fingerprint density at radius 3 is 2.64 bits per heavy atom. The molecule has 25 heavy (non-hydrogen) atoms. The van der Waals surface area contributed by atoms with Crippen LogP contribution in [0, 0.1) is 11.3 Å². The molecule has 1 fully saturated rings. The van der Waals surface area contributed by atoms with Crippen molar-refractivity contribution in [2.45, 2.75) is 26.7 Å². The molecule has 0 spiro atoms. The maximum absolute atomic E-state index is 11.8. The lowest BCUT2D eigenvalue weighted by molar-refractivity contribution is -0.127. The highest BCUT2D eigenvalue weighted by Gasteiger charge is 2.19. The van der Waals surface area contributed by atoms with Crippen molar-refractivity contribution >= 4 is 35.8 Å². The summed E-state index contributed by atoms with van der Waals surface area (Å²) in [5, 5.41) is 6.70. The fourth-order valence-corrected chi connectivity index (χ4v) is 2.24. The number of aliphatic imine (C=N–C) groups is 1. The third-order valence-corrected chi connectivity index (χ3v) is 4.17. The predicted molar refractivity (Wildman–Crippen MR) is 112 cm³/mol. The maximum Gasteiger partial charge on any atom is 0.243 e. The Bertz CT molecular complexity index is 411. The topological polar surface area (TPSA) is 75.2 Å². The molecule has 0 aromatic rings. The number of hydrogen-bond donors (Lipinski definition) is 2. The fourth-order valence-electron chi connectivity index (χ4n) is 2.24. The highest BCUT2D eigenvalue weighted by atomic mass is 127. The summed E-state index contributed by atoms with van der Waals surface area (Å²) in [6, 6.07) is 0.